The maximum Gasteiger partial charge on any atom is -0.0386 e. The molecular weight excluding hydrogens is 252 g/mol. The smallest absolute Gasteiger partial charge is 0.0386 e. The molecule has 0 N–H and O–H groups in total. The molecule has 0 atom stereocenters. The van der Waals surface area contributed by atoms with Crippen LogP contribution < -0.4 is 0 Å². The van der Waals surface area contributed by atoms with Gasteiger partial charge in [-0.3, -0.25) is 0 Å². The quantitative estimate of drug-likeness (QED) is 0.498. The normalized spacial score (nSPS) is 32.3. The predicted octanol–water partition coefficient (Wildman–Crippen LogP) is 7.37. The highest BCUT2D eigenvalue weighted by Gasteiger charge is 2.26. The highest BCUT2D eigenvalue weighted by atomic mass is 14.3. The van der Waals surface area contributed by atoms with E-state index in [9.17, 15) is 0 Å². The van der Waals surface area contributed by atoms with Gasteiger partial charge < -0.3 is 0 Å². The van der Waals surface area contributed by atoms with Crippen molar-refractivity contribution in [2.45, 2.75) is 110 Å². The average molecular weight is 293 g/mol. The second kappa shape index (κ2) is 9.90. The third-order valence-electron chi connectivity index (χ3n) is 6.68. The summed E-state index contributed by atoms with van der Waals surface area (Å²) in [5, 5.41) is 0. The van der Waals surface area contributed by atoms with E-state index in [0.29, 0.717) is 0 Å². The summed E-state index contributed by atoms with van der Waals surface area (Å²) in [5.74, 6) is 4.36. The van der Waals surface area contributed by atoms with E-state index in [2.05, 4.69) is 13.8 Å². The van der Waals surface area contributed by atoms with Crippen molar-refractivity contribution in [3.63, 3.8) is 0 Å². The van der Waals surface area contributed by atoms with E-state index in [4.69, 9.17) is 0 Å². The van der Waals surface area contributed by atoms with Crippen molar-refractivity contribution in [2.75, 3.05) is 0 Å². The molecule has 0 heterocycles. The molecule has 0 aromatic heterocycles. The molecule has 0 aliphatic heterocycles. The Bertz CT molecular complexity index is 237. The van der Waals surface area contributed by atoms with Gasteiger partial charge in [-0.1, -0.05) is 97.3 Å². The van der Waals surface area contributed by atoms with Gasteiger partial charge in [-0.2, -0.15) is 0 Å². The lowest BCUT2D eigenvalue weighted by atomic mass is 9.71. The standard InChI is InChI=1S/C13H24.C8H16/c1-11-7-9-13(10-8-11)12-5-3-2-4-6-12;1-2-8-6-4-3-5-7-8/h11-13H,2-10H2,1H3;8H,2-7H2,1H3. The zero-order chi connectivity index (χ0) is 14.9. The van der Waals surface area contributed by atoms with Crippen molar-refractivity contribution in [3.8, 4) is 0 Å². The van der Waals surface area contributed by atoms with Gasteiger partial charge in [-0.25, -0.2) is 0 Å². The molecule has 0 heteroatoms. The molecule has 0 aromatic carbocycles. The first-order valence-electron chi connectivity index (χ1n) is 10.3. The van der Waals surface area contributed by atoms with Crippen molar-refractivity contribution < 1.29 is 0 Å². The van der Waals surface area contributed by atoms with E-state index >= 15 is 0 Å². The Morgan fingerprint density at radius 3 is 1.52 bits per heavy atom. The molecule has 3 aliphatic rings. The molecule has 3 saturated carbocycles. The molecule has 3 aliphatic carbocycles. The molecule has 0 spiro atoms. The second-order valence-corrected chi connectivity index (χ2v) is 8.33. The molecule has 0 nitrogen and oxygen atoms in total. The molecule has 0 saturated heterocycles. The maximum absolute atomic E-state index is 2.43. The van der Waals surface area contributed by atoms with Gasteiger partial charge in [0, 0.05) is 0 Å². The van der Waals surface area contributed by atoms with Crippen molar-refractivity contribution in [1.82, 2.24) is 0 Å². The zero-order valence-electron chi connectivity index (χ0n) is 14.9. The highest BCUT2D eigenvalue weighted by Crippen LogP contribution is 2.39. The van der Waals surface area contributed by atoms with Crippen LogP contribution >= 0.6 is 0 Å². The summed E-state index contributed by atoms with van der Waals surface area (Å²) in [6.45, 7) is 4.74. The first-order chi connectivity index (χ1) is 10.3. The van der Waals surface area contributed by atoms with Crippen LogP contribution in [0.25, 0.3) is 0 Å². The van der Waals surface area contributed by atoms with Crippen LogP contribution in [0.15, 0.2) is 0 Å². The molecule has 0 unspecified atom stereocenters. The minimum Gasteiger partial charge on any atom is -0.0651 e. The van der Waals surface area contributed by atoms with Crippen LogP contribution in [0.2, 0.25) is 0 Å². The van der Waals surface area contributed by atoms with Crippen LogP contribution in [0.1, 0.15) is 110 Å². The predicted molar refractivity (Wildman–Crippen MR) is 94.6 cm³/mol. The molecule has 0 aromatic rings. The van der Waals surface area contributed by atoms with Crippen molar-refractivity contribution in [2.24, 2.45) is 23.7 Å². The van der Waals surface area contributed by atoms with Gasteiger partial charge >= 0.3 is 0 Å². The van der Waals surface area contributed by atoms with E-state index < -0.39 is 0 Å². The van der Waals surface area contributed by atoms with Crippen molar-refractivity contribution >= 4 is 0 Å². The SMILES string of the molecule is CC1CCC(C2CCCCC2)CC1.CCC1CCCCC1. The van der Waals surface area contributed by atoms with Gasteiger partial charge in [0.15, 0.2) is 0 Å². The van der Waals surface area contributed by atoms with E-state index in [1.165, 1.54) is 70.6 Å². The Balaban J connectivity index is 0.000000173. The molecule has 3 rings (SSSR count). The van der Waals surface area contributed by atoms with Gasteiger partial charge in [0.2, 0.25) is 0 Å². The zero-order valence-corrected chi connectivity index (χ0v) is 14.9. The first-order valence-corrected chi connectivity index (χ1v) is 10.3. The minimum atomic E-state index is 1.03. The lowest BCUT2D eigenvalue weighted by molar-refractivity contribution is 0.173. The molecule has 0 amide bonds. The fourth-order valence-electron chi connectivity index (χ4n) is 4.96. The van der Waals surface area contributed by atoms with Crippen LogP contribution in [0.3, 0.4) is 0 Å². The number of hydrogen-bond donors (Lipinski definition) is 0. The first kappa shape index (κ1) is 17.4. The fourth-order valence-corrected chi connectivity index (χ4v) is 4.96. The topological polar surface area (TPSA) is 0 Å². The third kappa shape index (κ3) is 6.33. The van der Waals surface area contributed by atoms with Gasteiger partial charge in [0.05, 0.1) is 0 Å². The molecule has 21 heavy (non-hydrogen) atoms. The van der Waals surface area contributed by atoms with Gasteiger partial charge in [0.25, 0.3) is 0 Å². The highest BCUT2D eigenvalue weighted by molar-refractivity contribution is 4.78. The van der Waals surface area contributed by atoms with Crippen LogP contribution in [0.5, 0.6) is 0 Å². The van der Waals surface area contributed by atoms with Crippen LogP contribution in [0.4, 0.5) is 0 Å². The Hall–Kier alpha value is 0. The molecule has 0 bridgehead atoms. The maximum atomic E-state index is 2.43. The molecule has 3 fully saturated rings. The summed E-state index contributed by atoms with van der Waals surface area (Å²) in [6, 6.07) is 0. The van der Waals surface area contributed by atoms with Gasteiger partial charge in [-0.15, -0.1) is 0 Å². The van der Waals surface area contributed by atoms with Crippen LogP contribution in [-0.4, -0.2) is 0 Å². The fraction of sp³-hybridized carbons (Fsp3) is 1.00. The lowest BCUT2D eigenvalue weighted by Crippen LogP contribution is -2.22. The molecular formula is C21H40. The Kier molecular flexibility index (Phi) is 8.19. The van der Waals surface area contributed by atoms with Crippen molar-refractivity contribution in [3.05, 3.63) is 0 Å². The summed E-state index contributed by atoms with van der Waals surface area (Å²) in [4.78, 5) is 0. The summed E-state index contributed by atoms with van der Waals surface area (Å²) in [7, 11) is 0. The van der Waals surface area contributed by atoms with Gasteiger partial charge in [-0.05, 0) is 36.5 Å². The number of hydrogen-bond acceptors (Lipinski definition) is 0. The van der Waals surface area contributed by atoms with E-state index in [-0.39, 0.29) is 0 Å². The van der Waals surface area contributed by atoms with E-state index in [1.54, 1.807) is 25.7 Å². The van der Waals surface area contributed by atoms with Gasteiger partial charge in [0.1, 0.15) is 0 Å². The Labute approximate surface area is 134 Å². The Morgan fingerprint density at radius 2 is 1.05 bits per heavy atom. The van der Waals surface area contributed by atoms with E-state index in [0.717, 1.165) is 23.7 Å². The van der Waals surface area contributed by atoms with Crippen LogP contribution in [0, 0.1) is 23.7 Å². The summed E-state index contributed by atoms with van der Waals surface area (Å²) >= 11 is 0. The molecule has 0 radical (unpaired) electrons. The minimum absolute atomic E-state index is 1.03. The summed E-state index contributed by atoms with van der Waals surface area (Å²) < 4.78 is 0. The Morgan fingerprint density at radius 1 is 0.571 bits per heavy atom. The monoisotopic (exact) mass is 292 g/mol. The average Bonchev–Trinajstić information content (AvgIpc) is 2.58. The van der Waals surface area contributed by atoms with Crippen molar-refractivity contribution in [1.29, 1.82) is 0 Å². The van der Waals surface area contributed by atoms with Crippen LogP contribution in [-0.2, 0) is 0 Å². The third-order valence-corrected chi connectivity index (χ3v) is 6.68. The lowest BCUT2D eigenvalue weighted by Gasteiger charge is -2.34. The summed E-state index contributed by atoms with van der Waals surface area (Å²) in [5.41, 5.74) is 0. The largest absolute Gasteiger partial charge is 0.0651 e. The molecule has 124 valence electrons. The number of rotatable bonds is 2. The summed E-state index contributed by atoms with van der Waals surface area (Å²) in [6.07, 6.45) is 22.7. The van der Waals surface area contributed by atoms with E-state index in [1.807, 2.05) is 0 Å². The second-order valence-electron chi connectivity index (χ2n) is 8.33.